The summed E-state index contributed by atoms with van der Waals surface area (Å²) in [7, 11) is 0. The standard InChI is InChI=1S/C10H14FNO5/c1-2-17-9(14)10(11,12(15)16)7-4-3-5-8(13)6-7/h7H,2-6H2,1H3/t7-,10+/m1/s1. The number of carbonyl (C=O) groups excluding carboxylic acids is 2. The molecule has 17 heavy (non-hydrogen) atoms. The first-order valence-electron chi connectivity index (χ1n) is 5.45. The summed E-state index contributed by atoms with van der Waals surface area (Å²) >= 11 is 0. The highest BCUT2D eigenvalue weighted by molar-refractivity contribution is 5.82. The fourth-order valence-electron chi connectivity index (χ4n) is 1.97. The molecule has 7 heteroatoms. The number of nitrogens with zero attached hydrogens (tertiary/aromatic N) is 1. The van der Waals surface area contributed by atoms with Crippen molar-refractivity contribution in [2.45, 2.75) is 38.4 Å². The van der Waals surface area contributed by atoms with Gasteiger partial charge in [-0.05, 0) is 19.8 Å². The average molecular weight is 247 g/mol. The molecule has 1 fully saturated rings. The number of halogens is 1. The Hall–Kier alpha value is -1.53. The van der Waals surface area contributed by atoms with Crippen molar-refractivity contribution < 1.29 is 23.6 Å². The van der Waals surface area contributed by atoms with E-state index >= 15 is 0 Å². The van der Waals surface area contributed by atoms with Crippen molar-refractivity contribution in [3.8, 4) is 0 Å². The number of ether oxygens (including phenoxy) is 1. The van der Waals surface area contributed by atoms with Crippen LogP contribution < -0.4 is 0 Å². The molecule has 1 saturated carbocycles. The zero-order chi connectivity index (χ0) is 13.1. The molecule has 1 aliphatic rings. The number of carbonyl (C=O) groups is 2. The van der Waals surface area contributed by atoms with Crippen LogP contribution in [0.5, 0.6) is 0 Å². The summed E-state index contributed by atoms with van der Waals surface area (Å²) in [5, 5.41) is 10.8. The van der Waals surface area contributed by atoms with E-state index in [0.717, 1.165) is 0 Å². The molecular formula is C10H14FNO5. The summed E-state index contributed by atoms with van der Waals surface area (Å²) in [5.41, 5.74) is 0. The van der Waals surface area contributed by atoms with Gasteiger partial charge in [0.15, 0.2) is 0 Å². The molecule has 0 heterocycles. The van der Waals surface area contributed by atoms with Gasteiger partial charge in [0.1, 0.15) is 5.78 Å². The zero-order valence-corrected chi connectivity index (χ0v) is 9.48. The fraction of sp³-hybridized carbons (Fsp3) is 0.800. The minimum Gasteiger partial charge on any atom is -0.458 e. The molecule has 1 aliphatic carbocycles. The van der Waals surface area contributed by atoms with E-state index in [1.54, 1.807) is 0 Å². The van der Waals surface area contributed by atoms with Crippen molar-refractivity contribution in [2.24, 2.45) is 5.92 Å². The molecule has 0 spiro atoms. The third-order valence-corrected chi connectivity index (χ3v) is 2.85. The number of rotatable bonds is 4. The fourth-order valence-corrected chi connectivity index (χ4v) is 1.97. The zero-order valence-electron chi connectivity index (χ0n) is 9.48. The number of esters is 1. The summed E-state index contributed by atoms with van der Waals surface area (Å²) in [6.45, 7) is 1.29. The van der Waals surface area contributed by atoms with E-state index in [1.807, 2.05) is 0 Å². The Morgan fingerprint density at radius 3 is 2.82 bits per heavy atom. The molecule has 96 valence electrons. The van der Waals surface area contributed by atoms with Crippen LogP contribution >= 0.6 is 0 Å². The second kappa shape index (κ2) is 5.20. The van der Waals surface area contributed by atoms with Gasteiger partial charge in [-0.3, -0.25) is 14.9 Å². The Bertz CT molecular complexity index is 346. The third kappa shape index (κ3) is 2.59. The molecule has 6 nitrogen and oxygen atoms in total. The van der Waals surface area contributed by atoms with Gasteiger partial charge in [-0.25, -0.2) is 4.79 Å². The van der Waals surface area contributed by atoms with E-state index in [-0.39, 0.29) is 31.7 Å². The van der Waals surface area contributed by atoms with Crippen LogP contribution in [0, 0.1) is 16.0 Å². The first kappa shape index (κ1) is 13.5. The minimum atomic E-state index is -3.30. The van der Waals surface area contributed by atoms with Gasteiger partial charge in [0.05, 0.1) is 17.4 Å². The summed E-state index contributed by atoms with van der Waals surface area (Å²) in [4.78, 5) is 32.0. The van der Waals surface area contributed by atoms with Gasteiger partial charge in [0, 0.05) is 12.8 Å². The van der Waals surface area contributed by atoms with Gasteiger partial charge in [-0.15, -0.1) is 0 Å². The Kier molecular flexibility index (Phi) is 4.14. The highest BCUT2D eigenvalue weighted by Crippen LogP contribution is 2.35. The van der Waals surface area contributed by atoms with E-state index in [1.165, 1.54) is 6.92 Å². The summed E-state index contributed by atoms with van der Waals surface area (Å²) < 4.78 is 18.6. The Labute approximate surface area is 97.3 Å². The Morgan fingerprint density at radius 2 is 2.35 bits per heavy atom. The van der Waals surface area contributed by atoms with Crippen LogP contribution in [0.4, 0.5) is 4.39 Å². The maximum Gasteiger partial charge on any atom is 0.457 e. The minimum absolute atomic E-state index is 0.140. The molecule has 0 unspecified atom stereocenters. The molecule has 2 atom stereocenters. The first-order valence-corrected chi connectivity index (χ1v) is 5.45. The molecular weight excluding hydrogens is 233 g/mol. The van der Waals surface area contributed by atoms with Gasteiger partial charge in [-0.1, -0.05) is 0 Å². The van der Waals surface area contributed by atoms with Crippen molar-refractivity contribution in [1.82, 2.24) is 0 Å². The molecule has 0 aliphatic heterocycles. The van der Waals surface area contributed by atoms with E-state index < -0.39 is 22.6 Å². The van der Waals surface area contributed by atoms with Crippen LogP contribution in [-0.4, -0.2) is 29.1 Å². The average Bonchev–Trinajstić information content (AvgIpc) is 2.27. The molecule has 0 amide bonds. The van der Waals surface area contributed by atoms with E-state index in [2.05, 4.69) is 4.74 Å². The lowest BCUT2D eigenvalue weighted by Gasteiger charge is -2.26. The van der Waals surface area contributed by atoms with E-state index in [0.29, 0.717) is 6.42 Å². The van der Waals surface area contributed by atoms with Crippen molar-refractivity contribution in [3.05, 3.63) is 10.1 Å². The number of Topliss-reactive ketones (excluding diaryl/α,β-unsaturated/α-hetero) is 1. The number of hydrogen-bond donors (Lipinski definition) is 0. The van der Waals surface area contributed by atoms with Gasteiger partial charge >= 0.3 is 11.8 Å². The lowest BCUT2D eigenvalue weighted by atomic mass is 9.82. The van der Waals surface area contributed by atoms with E-state index in [4.69, 9.17) is 0 Å². The van der Waals surface area contributed by atoms with Crippen molar-refractivity contribution in [3.63, 3.8) is 0 Å². The molecule has 0 aromatic rings. The highest BCUT2D eigenvalue weighted by atomic mass is 19.1. The van der Waals surface area contributed by atoms with E-state index in [9.17, 15) is 24.1 Å². The number of alkyl halides is 1. The number of hydrogen-bond acceptors (Lipinski definition) is 5. The number of nitro groups is 1. The van der Waals surface area contributed by atoms with Crippen LogP contribution in [0.3, 0.4) is 0 Å². The number of ketones is 1. The van der Waals surface area contributed by atoms with Gasteiger partial charge in [0.2, 0.25) is 0 Å². The smallest absolute Gasteiger partial charge is 0.457 e. The third-order valence-electron chi connectivity index (χ3n) is 2.85. The van der Waals surface area contributed by atoms with Crippen molar-refractivity contribution in [1.29, 1.82) is 0 Å². The molecule has 0 aromatic carbocycles. The molecule has 0 aromatic heterocycles. The predicted octanol–water partition coefficient (Wildman–Crippen LogP) is 1.25. The molecule has 0 bridgehead atoms. The second-order valence-corrected chi connectivity index (χ2v) is 3.98. The Morgan fingerprint density at radius 1 is 1.71 bits per heavy atom. The van der Waals surface area contributed by atoms with Crippen LogP contribution in [0.25, 0.3) is 0 Å². The maximum atomic E-state index is 14.2. The SMILES string of the molecule is CCOC(=O)[C@](F)([C@@H]1CCCC(=O)C1)[N+](=O)[O-]. The summed E-state index contributed by atoms with van der Waals surface area (Å²) in [6, 6.07) is 0. The lowest BCUT2D eigenvalue weighted by molar-refractivity contribution is -0.600. The quantitative estimate of drug-likeness (QED) is 0.323. The summed E-state index contributed by atoms with van der Waals surface area (Å²) in [5.74, 6) is -6.29. The van der Waals surface area contributed by atoms with Gasteiger partial charge < -0.3 is 4.74 Å². The van der Waals surface area contributed by atoms with Crippen LogP contribution in [0.2, 0.25) is 0 Å². The largest absolute Gasteiger partial charge is 0.458 e. The second-order valence-electron chi connectivity index (χ2n) is 3.98. The summed E-state index contributed by atoms with van der Waals surface area (Å²) in [6.07, 6.45) is 0.508. The normalized spacial score (nSPS) is 23.9. The monoisotopic (exact) mass is 247 g/mol. The first-order chi connectivity index (χ1) is 7.92. The van der Waals surface area contributed by atoms with Crippen molar-refractivity contribution in [2.75, 3.05) is 6.61 Å². The highest BCUT2D eigenvalue weighted by Gasteiger charge is 2.60. The molecule has 0 saturated heterocycles. The molecule has 0 radical (unpaired) electrons. The Balaban J connectivity index is 2.94. The molecule has 1 rings (SSSR count). The van der Waals surface area contributed by atoms with Gasteiger partial charge in [0.25, 0.3) is 0 Å². The topological polar surface area (TPSA) is 86.5 Å². The lowest BCUT2D eigenvalue weighted by Crippen LogP contribution is -2.51. The maximum absolute atomic E-state index is 14.2. The predicted molar refractivity (Wildman–Crippen MR) is 54.4 cm³/mol. The van der Waals surface area contributed by atoms with Crippen LogP contribution in [0.1, 0.15) is 32.6 Å². The van der Waals surface area contributed by atoms with Crippen LogP contribution in [-0.2, 0) is 14.3 Å². The van der Waals surface area contributed by atoms with Gasteiger partial charge in [-0.2, -0.15) is 4.39 Å². The van der Waals surface area contributed by atoms with Crippen LogP contribution in [0.15, 0.2) is 0 Å². The molecule has 0 N–H and O–H groups in total. The van der Waals surface area contributed by atoms with Crippen molar-refractivity contribution >= 4 is 11.8 Å².